The third-order valence-corrected chi connectivity index (χ3v) is 1.41. The number of ether oxygens (including phenoxy) is 6. The van der Waals surface area contributed by atoms with Crippen molar-refractivity contribution >= 4 is 24.6 Å². The second-order valence-electron chi connectivity index (χ2n) is 2.41. The lowest BCUT2D eigenvalue weighted by molar-refractivity contribution is -0.255. The van der Waals surface area contributed by atoms with Crippen molar-refractivity contribution in [1.29, 1.82) is 0 Å². The first-order valence-electron chi connectivity index (χ1n) is 3.73. The maximum absolute atomic E-state index is 10.6. The first-order valence-corrected chi connectivity index (χ1v) is 3.73. The molecule has 0 saturated carbocycles. The number of rotatable bonds is 1. The van der Waals surface area contributed by atoms with Gasteiger partial charge in [0.15, 0.2) is 0 Å². The van der Waals surface area contributed by atoms with E-state index in [2.05, 4.69) is 28.4 Å². The van der Waals surface area contributed by atoms with Crippen LogP contribution in [0.3, 0.4) is 0 Å². The maximum atomic E-state index is 10.6. The zero-order valence-electron chi connectivity index (χ0n) is 7.24. The molecule has 0 N–H and O–H groups in total. The van der Waals surface area contributed by atoms with Gasteiger partial charge in [0.25, 0.3) is 0 Å². The van der Waals surface area contributed by atoms with E-state index in [-0.39, 0.29) is 0 Å². The van der Waals surface area contributed by atoms with Crippen LogP contribution in [-0.2, 0) is 28.4 Å². The molecular weight excluding hydrogens is 232 g/mol. The summed E-state index contributed by atoms with van der Waals surface area (Å²) >= 11 is 0. The van der Waals surface area contributed by atoms with E-state index in [4.69, 9.17) is 0 Å². The zero-order valence-corrected chi connectivity index (χ0v) is 7.24. The van der Waals surface area contributed by atoms with Crippen molar-refractivity contribution in [3.8, 4) is 0 Å². The molecule has 0 aromatic rings. The van der Waals surface area contributed by atoms with Gasteiger partial charge in [0.05, 0.1) is 0 Å². The molecule has 86 valence electrons. The van der Waals surface area contributed by atoms with E-state index < -0.39 is 37.2 Å². The fraction of sp³-hybridized carbons (Fsp3) is 0.333. The van der Waals surface area contributed by atoms with Gasteiger partial charge in [-0.2, -0.15) is 0 Å². The molecule has 0 bridgehead atoms. The smallest absolute Gasteiger partial charge is 0.385 e. The molecule has 16 heavy (non-hydrogen) atoms. The molecule has 0 aromatic heterocycles. The molecule has 2 aliphatic rings. The molecule has 0 radical (unpaired) electrons. The topological polar surface area (TPSA) is 124 Å². The predicted molar refractivity (Wildman–Crippen MR) is 35.7 cm³/mol. The standard InChI is InChI=1S/C6H2O10/c7-3-11-1(12-4(8)15-3)2-13-5(9)16-6(10)14-2/h1-2H. The molecule has 0 amide bonds. The number of carbonyl (C=O) groups is 4. The van der Waals surface area contributed by atoms with Gasteiger partial charge in [0.2, 0.25) is 0 Å². The summed E-state index contributed by atoms with van der Waals surface area (Å²) in [5, 5.41) is 0. The highest BCUT2D eigenvalue weighted by Crippen LogP contribution is 2.18. The maximum Gasteiger partial charge on any atom is 0.521 e. The minimum absolute atomic E-state index is 1.38. The highest BCUT2D eigenvalue weighted by atomic mass is 17.0. The van der Waals surface area contributed by atoms with E-state index >= 15 is 0 Å². The molecular formula is C6H2O10. The van der Waals surface area contributed by atoms with E-state index in [1.54, 1.807) is 0 Å². The summed E-state index contributed by atoms with van der Waals surface area (Å²) in [6.07, 6.45) is -8.96. The molecule has 10 nitrogen and oxygen atoms in total. The Kier molecular flexibility index (Phi) is 2.23. The zero-order chi connectivity index (χ0) is 11.7. The average Bonchev–Trinajstić information content (AvgIpc) is 2.14. The van der Waals surface area contributed by atoms with Crippen molar-refractivity contribution in [3.05, 3.63) is 0 Å². The average molecular weight is 234 g/mol. The molecule has 2 rings (SSSR count). The molecule has 2 saturated heterocycles. The molecule has 0 aromatic carbocycles. The fourth-order valence-electron chi connectivity index (χ4n) is 0.882. The van der Waals surface area contributed by atoms with Gasteiger partial charge in [-0.1, -0.05) is 0 Å². The van der Waals surface area contributed by atoms with Crippen LogP contribution in [0, 0.1) is 0 Å². The second-order valence-corrected chi connectivity index (χ2v) is 2.41. The summed E-state index contributed by atoms with van der Waals surface area (Å²) in [7, 11) is 0. The van der Waals surface area contributed by atoms with Crippen LogP contribution in [-0.4, -0.2) is 37.2 Å². The minimum Gasteiger partial charge on any atom is -0.385 e. The van der Waals surface area contributed by atoms with E-state index in [1.807, 2.05) is 0 Å². The van der Waals surface area contributed by atoms with Crippen LogP contribution >= 0.6 is 0 Å². The molecule has 2 heterocycles. The Morgan fingerprint density at radius 3 is 1.06 bits per heavy atom. The van der Waals surface area contributed by atoms with Crippen molar-refractivity contribution in [3.63, 3.8) is 0 Å². The summed E-state index contributed by atoms with van der Waals surface area (Å²) in [5.41, 5.74) is 0. The van der Waals surface area contributed by atoms with E-state index in [9.17, 15) is 19.2 Å². The van der Waals surface area contributed by atoms with Crippen molar-refractivity contribution in [2.45, 2.75) is 12.6 Å². The lowest BCUT2D eigenvalue weighted by Gasteiger charge is -2.28. The molecule has 2 aliphatic heterocycles. The lowest BCUT2D eigenvalue weighted by Crippen LogP contribution is -2.47. The minimum atomic E-state index is -1.73. The molecule has 0 atom stereocenters. The van der Waals surface area contributed by atoms with Crippen LogP contribution in [0.25, 0.3) is 0 Å². The van der Waals surface area contributed by atoms with Gasteiger partial charge >= 0.3 is 37.2 Å². The van der Waals surface area contributed by atoms with Gasteiger partial charge in [0.1, 0.15) is 0 Å². The normalized spacial score (nSPS) is 22.2. The van der Waals surface area contributed by atoms with E-state index in [0.717, 1.165) is 0 Å². The highest BCUT2D eigenvalue weighted by Gasteiger charge is 2.44. The van der Waals surface area contributed by atoms with Gasteiger partial charge in [-0.15, -0.1) is 0 Å². The van der Waals surface area contributed by atoms with Gasteiger partial charge in [-0.25, -0.2) is 19.2 Å². The Bertz CT molecular complexity index is 304. The van der Waals surface area contributed by atoms with E-state index in [0.29, 0.717) is 0 Å². The quantitative estimate of drug-likeness (QED) is 0.460. The highest BCUT2D eigenvalue weighted by molar-refractivity contribution is 5.80. The Morgan fingerprint density at radius 1 is 0.562 bits per heavy atom. The lowest BCUT2D eigenvalue weighted by atomic mass is 10.6. The van der Waals surface area contributed by atoms with Gasteiger partial charge in [-0.3, -0.25) is 0 Å². The van der Waals surface area contributed by atoms with Crippen LogP contribution in [0.4, 0.5) is 19.2 Å². The summed E-state index contributed by atoms with van der Waals surface area (Å²) < 4.78 is 24.8. The number of carbonyl (C=O) groups excluding carboxylic acids is 4. The third-order valence-electron chi connectivity index (χ3n) is 1.41. The third kappa shape index (κ3) is 1.94. The van der Waals surface area contributed by atoms with E-state index in [1.165, 1.54) is 0 Å². The Labute approximate surface area is 85.9 Å². The van der Waals surface area contributed by atoms with Crippen LogP contribution in [0.2, 0.25) is 0 Å². The second kappa shape index (κ2) is 3.56. The van der Waals surface area contributed by atoms with Crippen molar-refractivity contribution in [2.75, 3.05) is 0 Å². The largest absolute Gasteiger partial charge is 0.521 e. The molecule has 10 heteroatoms. The summed E-state index contributed by atoms with van der Waals surface area (Å²) in [4.78, 5) is 42.5. The van der Waals surface area contributed by atoms with Crippen molar-refractivity contribution in [2.24, 2.45) is 0 Å². The molecule has 0 unspecified atom stereocenters. The first-order chi connectivity index (χ1) is 7.54. The van der Waals surface area contributed by atoms with Crippen LogP contribution in [0.5, 0.6) is 0 Å². The van der Waals surface area contributed by atoms with Crippen LogP contribution in [0.15, 0.2) is 0 Å². The van der Waals surface area contributed by atoms with Crippen LogP contribution in [0.1, 0.15) is 0 Å². The summed E-state index contributed by atoms with van der Waals surface area (Å²) in [5.74, 6) is 0. The van der Waals surface area contributed by atoms with Gasteiger partial charge < -0.3 is 28.4 Å². The number of hydrogen-bond acceptors (Lipinski definition) is 10. The predicted octanol–water partition coefficient (Wildman–Crippen LogP) is 0.245. The van der Waals surface area contributed by atoms with Crippen LogP contribution < -0.4 is 0 Å². The summed E-state index contributed by atoms with van der Waals surface area (Å²) in [6, 6.07) is 0. The Hall–Kier alpha value is -2.52. The Balaban J connectivity index is 2.06. The molecule has 2 fully saturated rings. The molecule has 0 aliphatic carbocycles. The van der Waals surface area contributed by atoms with Gasteiger partial charge in [0, 0.05) is 0 Å². The Morgan fingerprint density at radius 2 is 0.812 bits per heavy atom. The fourth-order valence-corrected chi connectivity index (χ4v) is 0.882. The van der Waals surface area contributed by atoms with Crippen molar-refractivity contribution in [1.82, 2.24) is 0 Å². The first kappa shape index (κ1) is 10.0. The van der Waals surface area contributed by atoms with Gasteiger partial charge in [-0.05, 0) is 0 Å². The SMILES string of the molecule is O=C1OC(=O)OC(C2OC(=O)OC(=O)O2)O1. The number of cyclic esters (lactones) is 8. The monoisotopic (exact) mass is 234 g/mol. The number of hydrogen-bond donors (Lipinski definition) is 0. The van der Waals surface area contributed by atoms with Crippen molar-refractivity contribution < 1.29 is 47.6 Å². The summed E-state index contributed by atoms with van der Waals surface area (Å²) in [6.45, 7) is 0. The molecule has 0 spiro atoms.